The highest BCUT2D eigenvalue weighted by molar-refractivity contribution is 5.85. The molecule has 0 bridgehead atoms. The van der Waals surface area contributed by atoms with Crippen molar-refractivity contribution in [2.75, 3.05) is 32.7 Å². The van der Waals surface area contributed by atoms with Crippen LogP contribution in [0.4, 0.5) is 0 Å². The molecule has 0 spiro atoms. The number of carbonyl (C=O) groups excluding carboxylic acids is 3. The third kappa shape index (κ3) is 4.03. The molecule has 6 nitrogen and oxygen atoms in total. The van der Waals surface area contributed by atoms with Crippen LogP contribution in [0.5, 0.6) is 0 Å². The maximum absolute atomic E-state index is 12.2. The van der Waals surface area contributed by atoms with Crippen molar-refractivity contribution in [3.8, 4) is 0 Å². The summed E-state index contributed by atoms with van der Waals surface area (Å²) >= 11 is 0. The minimum absolute atomic E-state index is 0.0618. The number of hydrogen-bond acceptors (Lipinski definition) is 3. The monoisotopic (exact) mass is 321 g/mol. The van der Waals surface area contributed by atoms with Crippen LogP contribution in [0.3, 0.4) is 0 Å². The lowest BCUT2D eigenvalue weighted by molar-refractivity contribution is -0.139. The number of carbonyl (C=O) groups is 3. The Morgan fingerprint density at radius 2 is 1.78 bits per heavy atom. The lowest BCUT2D eigenvalue weighted by Crippen LogP contribution is -2.46. The summed E-state index contributed by atoms with van der Waals surface area (Å²) in [6.45, 7) is 3.19. The minimum atomic E-state index is -0.0618. The first kappa shape index (κ1) is 16.3. The molecule has 3 amide bonds. The molecule has 2 aliphatic heterocycles. The van der Waals surface area contributed by atoms with E-state index in [2.05, 4.69) is 5.32 Å². The number of nitrogens with one attached hydrogen (secondary N) is 1. The van der Waals surface area contributed by atoms with Gasteiger partial charge in [-0.15, -0.1) is 0 Å². The van der Waals surface area contributed by atoms with Gasteiger partial charge in [0.2, 0.25) is 17.7 Å². The molecule has 1 N–H and O–H groups in total. The molecule has 128 valence electrons. The van der Waals surface area contributed by atoms with Crippen molar-refractivity contribution >= 4 is 17.7 Å². The fourth-order valence-electron chi connectivity index (χ4n) is 3.63. The van der Waals surface area contributed by atoms with E-state index in [9.17, 15) is 14.4 Å². The van der Waals surface area contributed by atoms with Gasteiger partial charge in [0.15, 0.2) is 0 Å². The van der Waals surface area contributed by atoms with Gasteiger partial charge >= 0.3 is 0 Å². The van der Waals surface area contributed by atoms with Gasteiger partial charge in [-0.05, 0) is 38.0 Å². The largest absolute Gasteiger partial charge is 0.354 e. The molecule has 3 rings (SSSR count). The third-order valence-corrected chi connectivity index (χ3v) is 5.47. The number of nitrogens with zero attached hydrogens (tertiary/aromatic N) is 2. The van der Waals surface area contributed by atoms with Crippen LogP contribution >= 0.6 is 0 Å². The van der Waals surface area contributed by atoms with Crippen molar-refractivity contribution in [1.82, 2.24) is 15.1 Å². The molecule has 1 aliphatic carbocycles. The fraction of sp³-hybridized carbons (Fsp3) is 0.824. The van der Waals surface area contributed by atoms with Crippen molar-refractivity contribution in [2.45, 2.75) is 44.9 Å². The Morgan fingerprint density at radius 3 is 2.35 bits per heavy atom. The number of likely N-dealkylation sites (tertiary alicyclic amines) is 2. The second kappa shape index (κ2) is 7.32. The maximum atomic E-state index is 12.2. The summed E-state index contributed by atoms with van der Waals surface area (Å²) in [6.07, 6.45) is 6.66. The van der Waals surface area contributed by atoms with Gasteiger partial charge in [-0.2, -0.15) is 0 Å². The Morgan fingerprint density at radius 1 is 1.04 bits per heavy atom. The van der Waals surface area contributed by atoms with Crippen LogP contribution in [0.2, 0.25) is 0 Å². The summed E-state index contributed by atoms with van der Waals surface area (Å²) < 4.78 is 0. The molecule has 3 aliphatic rings. The van der Waals surface area contributed by atoms with Crippen molar-refractivity contribution in [2.24, 2.45) is 11.8 Å². The Hall–Kier alpha value is -1.59. The Kier molecular flexibility index (Phi) is 5.18. The molecule has 23 heavy (non-hydrogen) atoms. The fourth-order valence-corrected chi connectivity index (χ4v) is 3.63. The van der Waals surface area contributed by atoms with Crippen LogP contribution < -0.4 is 5.32 Å². The highest BCUT2D eigenvalue weighted by Crippen LogP contribution is 2.29. The van der Waals surface area contributed by atoms with E-state index in [-0.39, 0.29) is 24.3 Å². The molecular weight excluding hydrogens is 294 g/mol. The smallest absolute Gasteiger partial charge is 0.239 e. The molecule has 0 atom stereocenters. The van der Waals surface area contributed by atoms with Crippen LogP contribution in [0.15, 0.2) is 0 Å². The van der Waals surface area contributed by atoms with E-state index >= 15 is 0 Å². The second-order valence-electron chi connectivity index (χ2n) is 7.12. The summed E-state index contributed by atoms with van der Waals surface area (Å²) in [4.78, 5) is 39.3. The molecule has 1 saturated carbocycles. The zero-order valence-corrected chi connectivity index (χ0v) is 13.8. The highest BCUT2D eigenvalue weighted by atomic mass is 16.2. The zero-order valence-electron chi connectivity index (χ0n) is 13.8. The first-order valence-corrected chi connectivity index (χ1v) is 8.97. The van der Waals surface area contributed by atoms with Crippen molar-refractivity contribution in [3.63, 3.8) is 0 Å². The summed E-state index contributed by atoms with van der Waals surface area (Å²) in [5.41, 5.74) is 0. The average Bonchev–Trinajstić information content (AvgIpc) is 2.89. The van der Waals surface area contributed by atoms with E-state index in [4.69, 9.17) is 0 Å². The SMILES string of the molecule is O=C(CN1CCCC1=O)NCC1CCN(C(=O)C2CCC2)CC1. The van der Waals surface area contributed by atoms with Crippen molar-refractivity contribution < 1.29 is 14.4 Å². The summed E-state index contributed by atoms with van der Waals surface area (Å²) in [6, 6.07) is 0. The van der Waals surface area contributed by atoms with E-state index in [1.54, 1.807) is 4.90 Å². The number of amides is 3. The van der Waals surface area contributed by atoms with Crippen molar-refractivity contribution in [3.05, 3.63) is 0 Å². The van der Waals surface area contributed by atoms with Crippen LogP contribution in [-0.4, -0.2) is 60.2 Å². The summed E-state index contributed by atoms with van der Waals surface area (Å²) in [5, 5.41) is 2.95. The lowest BCUT2D eigenvalue weighted by atomic mass is 9.83. The standard InChI is InChI=1S/C17H27N3O3/c21-15(12-20-8-2-5-16(20)22)18-11-13-6-9-19(10-7-13)17(23)14-3-1-4-14/h13-14H,1-12H2,(H,18,21). The van der Waals surface area contributed by atoms with Crippen LogP contribution in [0.1, 0.15) is 44.9 Å². The summed E-state index contributed by atoms with van der Waals surface area (Å²) in [5.74, 6) is 1.09. The molecule has 0 aromatic rings. The molecular formula is C17H27N3O3. The Balaban J connectivity index is 1.33. The van der Waals surface area contributed by atoms with Gasteiger partial charge in [0.05, 0.1) is 6.54 Å². The molecule has 0 radical (unpaired) electrons. The first-order chi connectivity index (χ1) is 11.1. The third-order valence-electron chi connectivity index (χ3n) is 5.47. The highest BCUT2D eigenvalue weighted by Gasteiger charge is 2.31. The lowest BCUT2D eigenvalue weighted by Gasteiger charge is -2.36. The van der Waals surface area contributed by atoms with Gasteiger partial charge in [-0.25, -0.2) is 0 Å². The first-order valence-electron chi connectivity index (χ1n) is 8.97. The number of rotatable bonds is 5. The van der Waals surface area contributed by atoms with Crippen LogP contribution in [0, 0.1) is 11.8 Å². The molecule has 0 aromatic heterocycles. The molecule has 0 aromatic carbocycles. The molecule has 2 heterocycles. The molecule has 6 heteroatoms. The van der Waals surface area contributed by atoms with Gasteiger partial charge in [0.25, 0.3) is 0 Å². The van der Waals surface area contributed by atoms with E-state index in [1.807, 2.05) is 4.90 Å². The molecule has 0 unspecified atom stereocenters. The Bertz CT molecular complexity index is 468. The van der Waals surface area contributed by atoms with Crippen LogP contribution in [0.25, 0.3) is 0 Å². The second-order valence-corrected chi connectivity index (χ2v) is 7.12. The zero-order chi connectivity index (χ0) is 16.2. The van der Waals surface area contributed by atoms with E-state index in [1.165, 1.54) is 6.42 Å². The van der Waals surface area contributed by atoms with Gasteiger partial charge in [-0.3, -0.25) is 14.4 Å². The predicted molar refractivity (Wildman–Crippen MR) is 85.5 cm³/mol. The van der Waals surface area contributed by atoms with Gasteiger partial charge in [0, 0.05) is 38.5 Å². The number of piperidine rings is 1. The topological polar surface area (TPSA) is 69.7 Å². The molecule has 3 fully saturated rings. The van der Waals surface area contributed by atoms with E-state index in [0.717, 1.165) is 45.2 Å². The quantitative estimate of drug-likeness (QED) is 0.813. The summed E-state index contributed by atoms with van der Waals surface area (Å²) in [7, 11) is 0. The average molecular weight is 321 g/mol. The van der Waals surface area contributed by atoms with Gasteiger partial charge in [-0.1, -0.05) is 6.42 Å². The molecule has 2 saturated heterocycles. The van der Waals surface area contributed by atoms with Gasteiger partial charge in [0.1, 0.15) is 0 Å². The van der Waals surface area contributed by atoms with Crippen molar-refractivity contribution in [1.29, 1.82) is 0 Å². The normalized spacial score (nSPS) is 23.0. The minimum Gasteiger partial charge on any atom is -0.354 e. The van der Waals surface area contributed by atoms with Gasteiger partial charge < -0.3 is 15.1 Å². The van der Waals surface area contributed by atoms with E-state index < -0.39 is 0 Å². The number of hydrogen-bond donors (Lipinski definition) is 1. The predicted octanol–water partition coefficient (Wildman–Crippen LogP) is 0.764. The van der Waals surface area contributed by atoms with Crippen LogP contribution in [-0.2, 0) is 14.4 Å². The van der Waals surface area contributed by atoms with E-state index in [0.29, 0.717) is 31.3 Å². The Labute approximate surface area is 137 Å². The maximum Gasteiger partial charge on any atom is 0.239 e.